The highest BCUT2D eigenvalue weighted by Gasteiger charge is 2.20. The molecule has 31 heavy (non-hydrogen) atoms. The van der Waals surface area contributed by atoms with Crippen molar-refractivity contribution < 1.29 is 0 Å². The number of hydrogen-bond acceptors (Lipinski definition) is 4. The lowest BCUT2D eigenvalue weighted by atomic mass is 9.98. The Labute approximate surface area is 185 Å². The number of imidazole rings is 1. The Balaban J connectivity index is 1.67. The largest absolute Gasteiger partial charge is 0.330 e. The summed E-state index contributed by atoms with van der Waals surface area (Å²) in [5, 5.41) is 14.9. The van der Waals surface area contributed by atoms with Crippen LogP contribution in [0.15, 0.2) is 53.3 Å². The van der Waals surface area contributed by atoms with Crippen molar-refractivity contribution in [3.8, 4) is 22.5 Å². The molecule has 0 aliphatic carbocycles. The molecule has 0 amide bonds. The van der Waals surface area contributed by atoms with E-state index in [9.17, 15) is 4.79 Å². The summed E-state index contributed by atoms with van der Waals surface area (Å²) in [7, 11) is 0. The molecule has 0 saturated carbocycles. The van der Waals surface area contributed by atoms with Crippen LogP contribution in [-0.4, -0.2) is 29.8 Å². The van der Waals surface area contributed by atoms with E-state index in [1.807, 2.05) is 50.2 Å². The highest BCUT2D eigenvalue weighted by molar-refractivity contribution is 6.30. The van der Waals surface area contributed by atoms with Crippen LogP contribution in [0.2, 0.25) is 5.15 Å². The lowest BCUT2D eigenvalue weighted by molar-refractivity contribution is 0.560. The summed E-state index contributed by atoms with van der Waals surface area (Å²) in [5.74, 6) is 0.556. The van der Waals surface area contributed by atoms with Crippen molar-refractivity contribution in [1.29, 1.82) is 0 Å². The Morgan fingerprint density at radius 3 is 2.39 bits per heavy atom. The van der Waals surface area contributed by atoms with Crippen molar-refractivity contribution >= 4 is 11.6 Å². The average molecular weight is 437 g/mol. The second kappa shape index (κ2) is 8.89. The standard InChI is InChI=1S/C23H25ClN6O/c1-4-7-20-21(24)30(15(2)3)23(31)29(20)14-16-10-12-17(13-11-16)18-8-5-6-9-19(18)22-25-27-28-26-22/h5-6,8-13,15H,4,7,14H2,1-3H3,(H,25,26,27,28). The van der Waals surface area contributed by atoms with Gasteiger partial charge in [0.2, 0.25) is 5.82 Å². The Morgan fingerprint density at radius 1 is 1.06 bits per heavy atom. The SMILES string of the molecule is CCCc1c(Cl)n(C(C)C)c(=O)n1Cc1ccc(-c2ccccc2-c2nn[nH]n2)cc1. The van der Waals surface area contributed by atoms with E-state index in [1.54, 1.807) is 9.13 Å². The third kappa shape index (κ3) is 4.05. The predicted molar refractivity (Wildman–Crippen MR) is 122 cm³/mol. The van der Waals surface area contributed by atoms with Gasteiger partial charge in [-0.25, -0.2) is 4.79 Å². The van der Waals surface area contributed by atoms with E-state index in [0.717, 1.165) is 40.8 Å². The maximum atomic E-state index is 13.0. The molecule has 0 aliphatic rings. The molecule has 2 aromatic carbocycles. The highest BCUT2D eigenvalue weighted by Crippen LogP contribution is 2.30. The molecule has 160 valence electrons. The van der Waals surface area contributed by atoms with Crippen LogP contribution in [0.5, 0.6) is 0 Å². The average Bonchev–Trinajstić information content (AvgIpc) is 3.38. The summed E-state index contributed by atoms with van der Waals surface area (Å²) in [4.78, 5) is 13.0. The zero-order valence-corrected chi connectivity index (χ0v) is 18.6. The van der Waals surface area contributed by atoms with Gasteiger partial charge in [-0.05, 0) is 42.2 Å². The van der Waals surface area contributed by atoms with Gasteiger partial charge in [-0.2, -0.15) is 5.21 Å². The Kier molecular flexibility index (Phi) is 6.04. The van der Waals surface area contributed by atoms with Crippen molar-refractivity contribution in [3.63, 3.8) is 0 Å². The summed E-state index contributed by atoms with van der Waals surface area (Å²) < 4.78 is 3.47. The number of H-pyrrole nitrogens is 1. The van der Waals surface area contributed by atoms with Gasteiger partial charge in [0.1, 0.15) is 5.15 Å². The van der Waals surface area contributed by atoms with Crippen LogP contribution in [-0.2, 0) is 13.0 Å². The first kappa shape index (κ1) is 21.1. The second-order valence-electron chi connectivity index (χ2n) is 7.80. The molecular formula is C23H25ClN6O. The van der Waals surface area contributed by atoms with E-state index in [2.05, 4.69) is 39.7 Å². The fraction of sp³-hybridized carbons (Fsp3) is 0.304. The molecule has 2 aromatic heterocycles. The highest BCUT2D eigenvalue weighted by atomic mass is 35.5. The first-order valence-corrected chi connectivity index (χ1v) is 10.8. The zero-order valence-electron chi connectivity index (χ0n) is 17.8. The summed E-state index contributed by atoms with van der Waals surface area (Å²) in [5.41, 5.74) is 4.85. The van der Waals surface area contributed by atoms with Gasteiger partial charge in [0.25, 0.3) is 0 Å². The molecule has 0 aliphatic heterocycles. The fourth-order valence-corrected chi connectivity index (χ4v) is 4.31. The Hall–Kier alpha value is -3.19. The maximum absolute atomic E-state index is 13.0. The van der Waals surface area contributed by atoms with Crippen LogP contribution in [0.3, 0.4) is 0 Å². The van der Waals surface area contributed by atoms with Crippen LogP contribution >= 0.6 is 11.6 Å². The molecule has 7 nitrogen and oxygen atoms in total. The van der Waals surface area contributed by atoms with Gasteiger partial charge in [-0.3, -0.25) is 9.13 Å². The van der Waals surface area contributed by atoms with Crippen LogP contribution in [0.25, 0.3) is 22.5 Å². The van der Waals surface area contributed by atoms with Crippen LogP contribution < -0.4 is 5.69 Å². The van der Waals surface area contributed by atoms with E-state index in [0.29, 0.717) is 17.5 Å². The molecule has 0 atom stereocenters. The third-order valence-electron chi connectivity index (χ3n) is 5.33. The van der Waals surface area contributed by atoms with Gasteiger partial charge in [-0.15, -0.1) is 10.2 Å². The van der Waals surface area contributed by atoms with Crippen LogP contribution in [0.4, 0.5) is 0 Å². The topological polar surface area (TPSA) is 81.4 Å². The molecule has 8 heteroatoms. The lowest BCUT2D eigenvalue weighted by Crippen LogP contribution is -2.26. The van der Waals surface area contributed by atoms with E-state index in [4.69, 9.17) is 11.6 Å². The number of nitrogens with zero attached hydrogens (tertiary/aromatic N) is 5. The third-order valence-corrected chi connectivity index (χ3v) is 5.73. The minimum absolute atomic E-state index is 0.0147. The van der Waals surface area contributed by atoms with Gasteiger partial charge in [0.05, 0.1) is 12.2 Å². The number of aromatic nitrogens is 6. The number of hydrogen-bond donors (Lipinski definition) is 1. The van der Waals surface area contributed by atoms with Gasteiger partial charge in [0, 0.05) is 11.6 Å². The Bertz CT molecular complexity index is 1220. The normalized spacial score (nSPS) is 11.4. The minimum atomic E-state index is -0.0602. The number of benzene rings is 2. The first-order valence-electron chi connectivity index (χ1n) is 10.4. The lowest BCUT2D eigenvalue weighted by Gasteiger charge is -2.10. The monoisotopic (exact) mass is 436 g/mol. The van der Waals surface area contributed by atoms with Gasteiger partial charge >= 0.3 is 5.69 Å². The summed E-state index contributed by atoms with van der Waals surface area (Å²) >= 11 is 6.57. The molecule has 0 saturated heterocycles. The van der Waals surface area contributed by atoms with Gasteiger partial charge in [-0.1, -0.05) is 73.5 Å². The molecular weight excluding hydrogens is 412 g/mol. The van der Waals surface area contributed by atoms with Gasteiger partial charge < -0.3 is 0 Å². The van der Waals surface area contributed by atoms with Crippen molar-refractivity contribution in [2.24, 2.45) is 0 Å². The molecule has 4 aromatic rings. The predicted octanol–water partition coefficient (Wildman–Crippen LogP) is 4.73. The quantitative estimate of drug-likeness (QED) is 0.454. The fourth-order valence-electron chi connectivity index (χ4n) is 3.84. The van der Waals surface area contributed by atoms with Crippen molar-refractivity contribution in [2.75, 3.05) is 0 Å². The van der Waals surface area contributed by atoms with Crippen molar-refractivity contribution in [2.45, 2.75) is 46.2 Å². The summed E-state index contributed by atoms with van der Waals surface area (Å²) in [6.45, 7) is 6.53. The number of halogens is 1. The van der Waals surface area contributed by atoms with Crippen molar-refractivity contribution in [3.05, 3.63) is 75.4 Å². The van der Waals surface area contributed by atoms with E-state index in [-0.39, 0.29) is 11.7 Å². The molecule has 1 N–H and O–H groups in total. The van der Waals surface area contributed by atoms with Crippen LogP contribution in [0, 0.1) is 0 Å². The van der Waals surface area contributed by atoms with E-state index >= 15 is 0 Å². The second-order valence-corrected chi connectivity index (χ2v) is 8.16. The molecule has 0 bridgehead atoms. The number of nitrogens with one attached hydrogen (secondary N) is 1. The molecule has 0 spiro atoms. The smallest absolute Gasteiger partial charge is 0.290 e. The number of rotatable bonds is 7. The van der Waals surface area contributed by atoms with E-state index in [1.165, 1.54) is 0 Å². The van der Waals surface area contributed by atoms with Crippen LogP contribution in [0.1, 0.15) is 44.5 Å². The number of tetrazole rings is 1. The van der Waals surface area contributed by atoms with Gasteiger partial charge in [0.15, 0.2) is 0 Å². The minimum Gasteiger partial charge on any atom is -0.290 e. The first-order chi connectivity index (χ1) is 15.0. The zero-order chi connectivity index (χ0) is 22.0. The van der Waals surface area contributed by atoms with Crippen molar-refractivity contribution in [1.82, 2.24) is 29.8 Å². The van der Waals surface area contributed by atoms with E-state index < -0.39 is 0 Å². The Morgan fingerprint density at radius 2 is 1.77 bits per heavy atom. The molecule has 0 fully saturated rings. The number of aromatic amines is 1. The molecule has 4 rings (SSSR count). The summed E-state index contributed by atoms with van der Waals surface area (Å²) in [6, 6.07) is 16.2. The molecule has 0 radical (unpaired) electrons. The summed E-state index contributed by atoms with van der Waals surface area (Å²) in [6.07, 6.45) is 1.69. The molecule has 0 unspecified atom stereocenters. The maximum Gasteiger partial charge on any atom is 0.330 e. The molecule has 2 heterocycles.